The molecule has 0 aliphatic heterocycles. The first-order chi connectivity index (χ1) is 11.0. The van der Waals surface area contributed by atoms with Gasteiger partial charge in [0.25, 0.3) is 5.91 Å². The van der Waals surface area contributed by atoms with E-state index in [0.29, 0.717) is 11.3 Å². The van der Waals surface area contributed by atoms with Crippen LogP contribution in [0, 0.1) is 5.82 Å². The second-order valence-electron chi connectivity index (χ2n) is 6.07. The highest BCUT2D eigenvalue weighted by Gasteiger charge is 2.25. The summed E-state index contributed by atoms with van der Waals surface area (Å²) in [6.07, 6.45) is 1.63. The van der Waals surface area contributed by atoms with Crippen molar-refractivity contribution in [1.82, 2.24) is 5.32 Å². The molecule has 1 aliphatic carbocycles. The largest absolute Gasteiger partial charge is 0.490 e. The lowest BCUT2D eigenvalue weighted by Crippen LogP contribution is -2.28. The Morgan fingerprint density at radius 3 is 2.83 bits per heavy atom. The summed E-state index contributed by atoms with van der Waals surface area (Å²) in [5, 5.41) is 3.01. The third-order valence-corrected chi connectivity index (χ3v) is 3.99. The first-order valence-corrected chi connectivity index (χ1v) is 7.89. The Labute approximate surface area is 135 Å². The lowest BCUT2D eigenvalue weighted by molar-refractivity contribution is 0.0931. The van der Waals surface area contributed by atoms with Crippen LogP contribution in [0.15, 0.2) is 42.5 Å². The monoisotopic (exact) mass is 313 g/mol. The topological polar surface area (TPSA) is 38.3 Å². The lowest BCUT2D eigenvalue weighted by Gasteiger charge is -2.17. The summed E-state index contributed by atoms with van der Waals surface area (Å²) >= 11 is 0. The standard InChI is InChI=1S/C19H20FNO2/c1-12(2)23-18-6-4-3-5-15(18)19(22)21-17-10-8-13-7-9-14(20)11-16(13)17/h3-7,9,11-12,17H,8,10H2,1-2H3,(H,21,22). The molecule has 3 rings (SSSR count). The molecule has 0 saturated carbocycles. The first-order valence-electron chi connectivity index (χ1n) is 7.89. The summed E-state index contributed by atoms with van der Waals surface area (Å²) in [7, 11) is 0. The van der Waals surface area contributed by atoms with E-state index in [4.69, 9.17) is 4.74 Å². The first kappa shape index (κ1) is 15.5. The van der Waals surface area contributed by atoms with E-state index in [1.54, 1.807) is 18.2 Å². The average molecular weight is 313 g/mol. The molecule has 1 N–H and O–H groups in total. The summed E-state index contributed by atoms with van der Waals surface area (Å²) in [6.45, 7) is 3.84. The zero-order valence-corrected chi connectivity index (χ0v) is 13.3. The number of rotatable bonds is 4. The number of ether oxygens (including phenoxy) is 1. The molecular formula is C19H20FNO2. The maximum atomic E-state index is 13.5. The van der Waals surface area contributed by atoms with Gasteiger partial charge in [0.1, 0.15) is 11.6 Å². The fourth-order valence-corrected chi connectivity index (χ4v) is 2.97. The third kappa shape index (κ3) is 3.36. The minimum absolute atomic E-state index is 0.00903. The van der Waals surface area contributed by atoms with Crippen molar-refractivity contribution < 1.29 is 13.9 Å². The SMILES string of the molecule is CC(C)Oc1ccccc1C(=O)NC1CCc2ccc(F)cc21. The molecule has 1 atom stereocenters. The van der Waals surface area contributed by atoms with Crippen LogP contribution in [-0.4, -0.2) is 12.0 Å². The number of nitrogens with one attached hydrogen (secondary N) is 1. The van der Waals surface area contributed by atoms with Crippen molar-refractivity contribution in [3.8, 4) is 5.75 Å². The van der Waals surface area contributed by atoms with E-state index < -0.39 is 0 Å². The van der Waals surface area contributed by atoms with Crippen molar-refractivity contribution in [3.05, 3.63) is 65.0 Å². The number of para-hydroxylation sites is 1. The number of hydrogen-bond acceptors (Lipinski definition) is 2. The van der Waals surface area contributed by atoms with Crippen molar-refractivity contribution in [1.29, 1.82) is 0 Å². The van der Waals surface area contributed by atoms with Crippen LogP contribution < -0.4 is 10.1 Å². The minimum Gasteiger partial charge on any atom is -0.490 e. The second kappa shape index (κ2) is 6.41. The fourth-order valence-electron chi connectivity index (χ4n) is 2.97. The molecular weight excluding hydrogens is 293 g/mol. The summed E-state index contributed by atoms with van der Waals surface area (Å²) in [5.41, 5.74) is 2.48. The Morgan fingerprint density at radius 1 is 1.26 bits per heavy atom. The van der Waals surface area contributed by atoms with E-state index in [1.165, 1.54) is 12.1 Å². The van der Waals surface area contributed by atoms with Gasteiger partial charge in [0.2, 0.25) is 0 Å². The Balaban J connectivity index is 1.80. The maximum Gasteiger partial charge on any atom is 0.255 e. The van der Waals surface area contributed by atoms with Crippen molar-refractivity contribution >= 4 is 5.91 Å². The number of hydrogen-bond donors (Lipinski definition) is 1. The van der Waals surface area contributed by atoms with E-state index in [2.05, 4.69) is 5.32 Å². The summed E-state index contributed by atoms with van der Waals surface area (Å²) < 4.78 is 19.2. The van der Waals surface area contributed by atoms with Crippen molar-refractivity contribution in [2.75, 3.05) is 0 Å². The number of benzene rings is 2. The van der Waals surface area contributed by atoms with Crippen LogP contribution >= 0.6 is 0 Å². The molecule has 0 radical (unpaired) electrons. The molecule has 2 aromatic carbocycles. The molecule has 0 aromatic heterocycles. The van der Waals surface area contributed by atoms with Crippen LogP contribution in [0.5, 0.6) is 5.75 Å². The Bertz CT molecular complexity index is 727. The fraction of sp³-hybridized carbons (Fsp3) is 0.316. The van der Waals surface area contributed by atoms with Crippen LogP contribution in [0.2, 0.25) is 0 Å². The van der Waals surface area contributed by atoms with Gasteiger partial charge in [-0.05, 0) is 62.1 Å². The summed E-state index contributed by atoms with van der Waals surface area (Å²) in [6, 6.07) is 11.8. The van der Waals surface area contributed by atoms with Gasteiger partial charge in [-0.1, -0.05) is 18.2 Å². The van der Waals surface area contributed by atoms with Gasteiger partial charge in [-0.3, -0.25) is 4.79 Å². The van der Waals surface area contributed by atoms with Crippen LogP contribution in [-0.2, 0) is 6.42 Å². The van der Waals surface area contributed by atoms with Gasteiger partial charge in [-0.2, -0.15) is 0 Å². The van der Waals surface area contributed by atoms with E-state index in [-0.39, 0.29) is 23.9 Å². The molecule has 4 heteroatoms. The smallest absolute Gasteiger partial charge is 0.255 e. The zero-order chi connectivity index (χ0) is 16.4. The van der Waals surface area contributed by atoms with Gasteiger partial charge in [0.15, 0.2) is 0 Å². The van der Waals surface area contributed by atoms with Gasteiger partial charge in [0.05, 0.1) is 17.7 Å². The second-order valence-corrected chi connectivity index (χ2v) is 6.07. The van der Waals surface area contributed by atoms with Crippen LogP contribution in [0.25, 0.3) is 0 Å². The molecule has 1 unspecified atom stereocenters. The molecule has 0 heterocycles. The molecule has 0 bridgehead atoms. The molecule has 1 aliphatic rings. The average Bonchev–Trinajstić information content (AvgIpc) is 2.89. The molecule has 1 amide bonds. The highest BCUT2D eigenvalue weighted by atomic mass is 19.1. The highest BCUT2D eigenvalue weighted by molar-refractivity contribution is 5.97. The van der Waals surface area contributed by atoms with Crippen LogP contribution in [0.3, 0.4) is 0 Å². The van der Waals surface area contributed by atoms with Crippen molar-refractivity contribution in [2.24, 2.45) is 0 Å². The van der Waals surface area contributed by atoms with Gasteiger partial charge in [-0.15, -0.1) is 0 Å². The van der Waals surface area contributed by atoms with Gasteiger partial charge >= 0.3 is 0 Å². The van der Waals surface area contributed by atoms with Crippen molar-refractivity contribution in [2.45, 2.75) is 38.8 Å². The molecule has 0 saturated heterocycles. The van der Waals surface area contributed by atoms with Gasteiger partial charge in [0, 0.05) is 0 Å². The number of carbonyl (C=O) groups excluding carboxylic acids is 1. The van der Waals surface area contributed by atoms with Gasteiger partial charge in [-0.25, -0.2) is 4.39 Å². The predicted molar refractivity (Wildman–Crippen MR) is 87.1 cm³/mol. The Hall–Kier alpha value is -2.36. The Morgan fingerprint density at radius 2 is 2.04 bits per heavy atom. The quantitative estimate of drug-likeness (QED) is 0.925. The summed E-state index contributed by atoms with van der Waals surface area (Å²) in [5.74, 6) is 0.106. The highest BCUT2D eigenvalue weighted by Crippen LogP contribution is 2.32. The van der Waals surface area contributed by atoms with E-state index in [9.17, 15) is 9.18 Å². The number of amides is 1. The predicted octanol–water partition coefficient (Wildman–Crippen LogP) is 4.03. The Kier molecular flexibility index (Phi) is 4.33. The van der Waals surface area contributed by atoms with Gasteiger partial charge < -0.3 is 10.1 Å². The molecule has 0 fully saturated rings. The number of carbonyl (C=O) groups is 1. The van der Waals surface area contributed by atoms with Crippen LogP contribution in [0.1, 0.15) is 47.8 Å². The molecule has 3 nitrogen and oxygen atoms in total. The van der Waals surface area contributed by atoms with E-state index >= 15 is 0 Å². The number of aryl methyl sites for hydroxylation is 1. The molecule has 2 aromatic rings. The zero-order valence-electron chi connectivity index (χ0n) is 13.3. The molecule has 120 valence electrons. The summed E-state index contributed by atoms with van der Waals surface area (Å²) in [4.78, 5) is 12.6. The maximum absolute atomic E-state index is 13.5. The molecule has 23 heavy (non-hydrogen) atoms. The normalized spacial score (nSPS) is 16.3. The van der Waals surface area contributed by atoms with E-state index in [1.807, 2.05) is 26.0 Å². The minimum atomic E-state index is -0.270. The van der Waals surface area contributed by atoms with Crippen LogP contribution in [0.4, 0.5) is 4.39 Å². The molecule has 0 spiro atoms. The number of fused-ring (bicyclic) bond motifs is 1. The lowest BCUT2D eigenvalue weighted by atomic mass is 10.1. The third-order valence-electron chi connectivity index (χ3n) is 3.99. The van der Waals surface area contributed by atoms with E-state index in [0.717, 1.165) is 24.0 Å². The number of halogens is 1. The van der Waals surface area contributed by atoms with Crippen molar-refractivity contribution in [3.63, 3.8) is 0 Å².